The van der Waals surface area contributed by atoms with Crippen molar-refractivity contribution in [2.45, 2.75) is 24.1 Å². The molecule has 1 aromatic heterocycles. The fraction of sp³-hybridized carbons (Fsp3) is 0.150. The fourth-order valence-corrected chi connectivity index (χ4v) is 3.26. The third kappa shape index (κ3) is 4.61. The molecule has 3 rings (SSSR count). The average Bonchev–Trinajstić information content (AvgIpc) is 2.62. The first-order chi connectivity index (χ1) is 12.5. The van der Waals surface area contributed by atoms with E-state index in [1.54, 1.807) is 24.3 Å². The Bertz CT molecular complexity index is 941. The number of carbonyl (C=O) groups excluding carboxylic acids is 2. The van der Waals surface area contributed by atoms with Crippen LogP contribution in [0.3, 0.4) is 0 Å². The van der Waals surface area contributed by atoms with Crippen molar-refractivity contribution in [1.82, 2.24) is 4.98 Å². The number of amides is 2. The number of hydrogen-bond acceptors (Lipinski definition) is 4. The first-order valence-corrected chi connectivity index (χ1v) is 9.10. The van der Waals surface area contributed by atoms with E-state index in [1.165, 1.54) is 18.7 Å². The molecular formula is C20H19N3O2S. The van der Waals surface area contributed by atoms with Crippen LogP contribution in [0.4, 0.5) is 11.4 Å². The largest absolute Gasteiger partial charge is 0.326 e. The van der Waals surface area contributed by atoms with Crippen LogP contribution in [0.2, 0.25) is 0 Å². The molecule has 0 aliphatic carbocycles. The summed E-state index contributed by atoms with van der Waals surface area (Å²) in [5, 5.41) is 7.17. The average molecular weight is 365 g/mol. The van der Waals surface area contributed by atoms with Gasteiger partial charge in [-0.25, -0.2) is 4.98 Å². The van der Waals surface area contributed by atoms with Crippen molar-refractivity contribution in [1.29, 1.82) is 0 Å². The zero-order valence-corrected chi connectivity index (χ0v) is 15.3. The van der Waals surface area contributed by atoms with Gasteiger partial charge in [0.15, 0.2) is 0 Å². The Morgan fingerprint density at radius 3 is 2.27 bits per heavy atom. The van der Waals surface area contributed by atoms with Crippen LogP contribution >= 0.6 is 11.8 Å². The maximum Gasteiger partial charge on any atom is 0.237 e. The van der Waals surface area contributed by atoms with Gasteiger partial charge in [-0.15, -0.1) is 0 Å². The van der Waals surface area contributed by atoms with Gasteiger partial charge in [0.05, 0.1) is 15.8 Å². The summed E-state index contributed by atoms with van der Waals surface area (Å²) in [6, 6.07) is 18.9. The lowest BCUT2D eigenvalue weighted by Gasteiger charge is -2.12. The molecule has 1 heterocycles. The zero-order chi connectivity index (χ0) is 18.5. The van der Waals surface area contributed by atoms with Crippen LogP contribution < -0.4 is 10.6 Å². The number of pyridine rings is 1. The topological polar surface area (TPSA) is 71.1 Å². The van der Waals surface area contributed by atoms with E-state index in [1.807, 2.05) is 43.3 Å². The number of nitrogens with one attached hydrogen (secondary N) is 2. The number of para-hydroxylation sites is 1. The summed E-state index contributed by atoms with van der Waals surface area (Å²) in [4.78, 5) is 28.0. The molecule has 5 nitrogen and oxygen atoms in total. The zero-order valence-electron chi connectivity index (χ0n) is 14.5. The minimum absolute atomic E-state index is 0.0998. The normalized spacial score (nSPS) is 11.8. The highest BCUT2D eigenvalue weighted by Gasteiger charge is 2.15. The number of anilines is 2. The van der Waals surface area contributed by atoms with E-state index in [0.29, 0.717) is 11.4 Å². The van der Waals surface area contributed by atoms with Crippen molar-refractivity contribution in [3.63, 3.8) is 0 Å². The molecule has 0 bridgehead atoms. The number of rotatable bonds is 5. The lowest BCUT2D eigenvalue weighted by Crippen LogP contribution is -2.22. The van der Waals surface area contributed by atoms with E-state index in [2.05, 4.69) is 15.6 Å². The van der Waals surface area contributed by atoms with Gasteiger partial charge >= 0.3 is 0 Å². The Kier molecular flexibility index (Phi) is 5.53. The van der Waals surface area contributed by atoms with Crippen molar-refractivity contribution in [2.75, 3.05) is 10.6 Å². The van der Waals surface area contributed by atoms with Gasteiger partial charge in [0.1, 0.15) is 0 Å². The van der Waals surface area contributed by atoms with Gasteiger partial charge in [-0.3, -0.25) is 9.59 Å². The Hall–Kier alpha value is -2.86. The Morgan fingerprint density at radius 1 is 0.923 bits per heavy atom. The third-order valence-electron chi connectivity index (χ3n) is 3.71. The maximum atomic E-state index is 12.4. The molecule has 2 N–H and O–H groups in total. The number of aromatic nitrogens is 1. The molecule has 0 saturated heterocycles. The predicted octanol–water partition coefficient (Wildman–Crippen LogP) is 4.31. The van der Waals surface area contributed by atoms with Crippen LogP contribution in [0.25, 0.3) is 10.9 Å². The Labute approximate surface area is 156 Å². The Morgan fingerprint density at radius 2 is 1.58 bits per heavy atom. The van der Waals surface area contributed by atoms with Crippen LogP contribution in [-0.2, 0) is 9.59 Å². The SMILES string of the molecule is CC(=O)Nc1ccc(NC(=O)[C@@H](C)Sc2ccc3ccccc3n2)cc1. The summed E-state index contributed by atoms with van der Waals surface area (Å²) in [6.07, 6.45) is 0. The summed E-state index contributed by atoms with van der Waals surface area (Å²) in [6.45, 7) is 3.30. The molecule has 0 aliphatic rings. The van der Waals surface area contributed by atoms with Crippen LogP contribution in [0.5, 0.6) is 0 Å². The minimum atomic E-state index is -0.293. The lowest BCUT2D eigenvalue weighted by molar-refractivity contribution is -0.115. The molecule has 2 aromatic carbocycles. The standard InChI is InChI=1S/C20H19N3O2S/c1-13(26-19-12-7-15-5-3-4-6-18(15)23-19)20(25)22-17-10-8-16(9-11-17)21-14(2)24/h3-13H,1-2H3,(H,21,24)(H,22,25)/t13-/m1/s1. The molecule has 0 unspecified atom stereocenters. The first-order valence-electron chi connectivity index (χ1n) is 8.22. The van der Waals surface area contributed by atoms with Crippen molar-refractivity contribution in [3.8, 4) is 0 Å². The van der Waals surface area contributed by atoms with E-state index in [9.17, 15) is 9.59 Å². The molecule has 3 aromatic rings. The summed E-state index contributed by atoms with van der Waals surface area (Å²) < 4.78 is 0. The summed E-state index contributed by atoms with van der Waals surface area (Å²) >= 11 is 1.42. The number of benzene rings is 2. The van der Waals surface area contributed by atoms with Gasteiger partial charge in [0, 0.05) is 23.7 Å². The number of fused-ring (bicyclic) bond motifs is 1. The fourth-order valence-electron chi connectivity index (χ4n) is 2.43. The molecule has 2 amide bonds. The number of carbonyl (C=O) groups is 2. The summed E-state index contributed by atoms with van der Waals surface area (Å²) in [5.41, 5.74) is 2.29. The molecule has 6 heteroatoms. The second-order valence-corrected chi connectivity index (χ2v) is 7.21. The quantitative estimate of drug-likeness (QED) is 0.661. The maximum absolute atomic E-state index is 12.4. The van der Waals surface area contributed by atoms with Crippen LogP contribution in [-0.4, -0.2) is 22.0 Å². The smallest absolute Gasteiger partial charge is 0.237 e. The van der Waals surface area contributed by atoms with Crippen LogP contribution in [0.1, 0.15) is 13.8 Å². The van der Waals surface area contributed by atoms with Gasteiger partial charge < -0.3 is 10.6 Å². The molecule has 0 radical (unpaired) electrons. The second-order valence-electron chi connectivity index (χ2n) is 5.85. The molecule has 0 saturated carbocycles. The number of thioether (sulfide) groups is 1. The van der Waals surface area contributed by atoms with Crippen molar-refractivity contribution in [2.24, 2.45) is 0 Å². The molecular weight excluding hydrogens is 346 g/mol. The highest BCUT2D eigenvalue weighted by molar-refractivity contribution is 8.00. The lowest BCUT2D eigenvalue weighted by atomic mass is 10.2. The molecule has 0 fully saturated rings. The van der Waals surface area contributed by atoms with E-state index in [4.69, 9.17) is 0 Å². The number of nitrogens with zero attached hydrogens (tertiary/aromatic N) is 1. The molecule has 0 aliphatic heterocycles. The van der Waals surface area contributed by atoms with Crippen LogP contribution in [0, 0.1) is 0 Å². The van der Waals surface area contributed by atoms with Crippen molar-refractivity contribution in [3.05, 3.63) is 60.7 Å². The van der Waals surface area contributed by atoms with Gasteiger partial charge in [-0.2, -0.15) is 0 Å². The van der Waals surface area contributed by atoms with Gasteiger partial charge in [0.2, 0.25) is 11.8 Å². The monoisotopic (exact) mass is 365 g/mol. The summed E-state index contributed by atoms with van der Waals surface area (Å²) in [5.74, 6) is -0.230. The predicted molar refractivity (Wildman–Crippen MR) is 106 cm³/mol. The summed E-state index contributed by atoms with van der Waals surface area (Å²) in [7, 11) is 0. The van der Waals surface area contributed by atoms with E-state index in [0.717, 1.165) is 15.9 Å². The highest BCUT2D eigenvalue weighted by atomic mass is 32.2. The van der Waals surface area contributed by atoms with Gasteiger partial charge in [-0.05, 0) is 43.3 Å². The minimum Gasteiger partial charge on any atom is -0.326 e. The van der Waals surface area contributed by atoms with Crippen molar-refractivity contribution < 1.29 is 9.59 Å². The molecule has 26 heavy (non-hydrogen) atoms. The van der Waals surface area contributed by atoms with Gasteiger partial charge in [0.25, 0.3) is 0 Å². The number of hydrogen-bond donors (Lipinski definition) is 2. The van der Waals surface area contributed by atoms with Crippen LogP contribution in [0.15, 0.2) is 65.7 Å². The van der Waals surface area contributed by atoms with E-state index < -0.39 is 0 Å². The second kappa shape index (κ2) is 8.01. The van der Waals surface area contributed by atoms with E-state index in [-0.39, 0.29) is 17.1 Å². The first kappa shape index (κ1) is 17.9. The van der Waals surface area contributed by atoms with Crippen molar-refractivity contribution >= 4 is 45.9 Å². The van der Waals surface area contributed by atoms with Gasteiger partial charge in [-0.1, -0.05) is 36.0 Å². The molecule has 0 spiro atoms. The highest BCUT2D eigenvalue weighted by Crippen LogP contribution is 2.25. The van der Waals surface area contributed by atoms with E-state index >= 15 is 0 Å². The molecule has 1 atom stereocenters. The molecule has 132 valence electrons. The third-order valence-corrected chi connectivity index (χ3v) is 4.75. The Balaban J connectivity index is 1.62.